The molecule has 0 fully saturated rings. The Kier molecular flexibility index (Phi) is 8.92. The van der Waals surface area contributed by atoms with E-state index in [1.807, 2.05) is 31.2 Å². The molecule has 10 nitrogen and oxygen atoms in total. The van der Waals surface area contributed by atoms with Gasteiger partial charge in [0.15, 0.2) is 11.5 Å². The van der Waals surface area contributed by atoms with Crippen LogP contribution in [0.25, 0.3) is 11.2 Å². The van der Waals surface area contributed by atoms with Crippen LogP contribution >= 0.6 is 0 Å². The summed E-state index contributed by atoms with van der Waals surface area (Å²) in [7, 11) is 1.62. The normalized spacial score (nSPS) is 11.2. The zero-order valence-corrected chi connectivity index (χ0v) is 23.3. The van der Waals surface area contributed by atoms with E-state index in [1.54, 1.807) is 7.11 Å². The number of benzene rings is 3. The molecule has 5 aromatic rings. The van der Waals surface area contributed by atoms with E-state index in [4.69, 9.17) is 15.2 Å². The first-order valence-electron chi connectivity index (χ1n) is 13.6. The molecule has 0 atom stereocenters. The molecule has 0 aliphatic rings. The number of nitrogens with two attached hydrogens (primary N) is 1. The summed E-state index contributed by atoms with van der Waals surface area (Å²) >= 11 is 0. The van der Waals surface area contributed by atoms with Gasteiger partial charge in [-0.1, -0.05) is 66.7 Å². The highest BCUT2D eigenvalue weighted by atomic mass is 16.5. The van der Waals surface area contributed by atoms with Crippen LogP contribution in [0.1, 0.15) is 34.7 Å². The Morgan fingerprint density at radius 2 is 1.46 bits per heavy atom. The molecule has 0 saturated carbocycles. The van der Waals surface area contributed by atoms with E-state index in [9.17, 15) is 4.79 Å². The molecule has 212 valence electrons. The number of hydrogen-bond acceptors (Lipinski definition) is 8. The lowest BCUT2D eigenvalue weighted by Crippen LogP contribution is -2.18. The van der Waals surface area contributed by atoms with E-state index in [2.05, 4.69) is 74.1 Å². The van der Waals surface area contributed by atoms with Gasteiger partial charge in [-0.25, -0.2) is 4.79 Å². The number of anilines is 1. The minimum Gasteiger partial charge on any atom is -0.496 e. The molecule has 41 heavy (non-hydrogen) atoms. The molecule has 0 unspecified atom stereocenters. The molecule has 0 aliphatic heterocycles. The maximum atomic E-state index is 12.7. The molecule has 0 amide bonds. The lowest BCUT2D eigenvalue weighted by atomic mass is 10.1. The van der Waals surface area contributed by atoms with Gasteiger partial charge in [0, 0.05) is 31.7 Å². The Hall–Kier alpha value is -4.67. The van der Waals surface area contributed by atoms with Crippen LogP contribution in [0.4, 0.5) is 5.82 Å². The second-order valence-electron chi connectivity index (χ2n) is 9.69. The molecule has 0 saturated heterocycles. The zero-order chi connectivity index (χ0) is 28.6. The monoisotopic (exact) mass is 553 g/mol. The van der Waals surface area contributed by atoms with Crippen molar-refractivity contribution >= 4 is 17.0 Å². The van der Waals surface area contributed by atoms with Gasteiger partial charge in [-0.05, 0) is 35.2 Å². The summed E-state index contributed by atoms with van der Waals surface area (Å²) in [5, 5.41) is 6.99. The topological polar surface area (TPSA) is 132 Å². The van der Waals surface area contributed by atoms with Crippen molar-refractivity contribution in [2.75, 3.05) is 19.5 Å². The lowest BCUT2D eigenvalue weighted by molar-refractivity contribution is 0.314. The van der Waals surface area contributed by atoms with E-state index < -0.39 is 0 Å². The van der Waals surface area contributed by atoms with E-state index >= 15 is 0 Å². The summed E-state index contributed by atoms with van der Waals surface area (Å²) < 4.78 is 12.6. The van der Waals surface area contributed by atoms with Crippen molar-refractivity contribution in [2.24, 2.45) is 0 Å². The summed E-state index contributed by atoms with van der Waals surface area (Å²) in [6, 6.07) is 25.1. The lowest BCUT2D eigenvalue weighted by Gasteiger charge is -2.12. The van der Waals surface area contributed by atoms with Crippen molar-refractivity contribution in [3.05, 3.63) is 111 Å². The highest BCUT2D eigenvalue weighted by molar-refractivity contribution is 5.82. The Balaban J connectivity index is 1.18. The minimum absolute atomic E-state index is 0.132. The molecule has 0 aliphatic carbocycles. The van der Waals surface area contributed by atoms with Crippen LogP contribution in [0.2, 0.25) is 0 Å². The van der Waals surface area contributed by atoms with Gasteiger partial charge < -0.3 is 30.8 Å². The second-order valence-corrected chi connectivity index (χ2v) is 9.69. The quantitative estimate of drug-likeness (QED) is 0.173. The van der Waals surface area contributed by atoms with Crippen LogP contribution in [-0.2, 0) is 32.7 Å². The van der Waals surface area contributed by atoms with Gasteiger partial charge in [0.2, 0.25) is 0 Å². The number of aromatic nitrogens is 4. The number of nitrogens with zero attached hydrogens (tertiary/aromatic N) is 3. The maximum Gasteiger partial charge on any atom is 0.328 e. The number of rotatable bonds is 13. The first-order valence-corrected chi connectivity index (χ1v) is 13.6. The average molecular weight is 554 g/mol. The number of nitrogen functional groups attached to an aromatic ring is 1. The van der Waals surface area contributed by atoms with Crippen molar-refractivity contribution in [1.29, 1.82) is 0 Å². The smallest absolute Gasteiger partial charge is 0.328 e. The van der Waals surface area contributed by atoms with Crippen LogP contribution in [0.3, 0.4) is 0 Å². The second kappa shape index (κ2) is 13.1. The van der Waals surface area contributed by atoms with Gasteiger partial charge in [-0.3, -0.25) is 4.57 Å². The van der Waals surface area contributed by atoms with E-state index in [0.29, 0.717) is 30.1 Å². The summed E-state index contributed by atoms with van der Waals surface area (Å²) in [5.41, 5.74) is 12.1. The fourth-order valence-corrected chi connectivity index (χ4v) is 4.64. The molecule has 5 N–H and O–H groups in total. The number of aromatic amines is 1. The van der Waals surface area contributed by atoms with Gasteiger partial charge in [-0.15, -0.1) is 0 Å². The van der Waals surface area contributed by atoms with Crippen LogP contribution < -0.4 is 31.5 Å². The highest BCUT2D eigenvalue weighted by Crippen LogP contribution is 2.24. The summed E-state index contributed by atoms with van der Waals surface area (Å²) in [5.74, 6) is 0.849. The largest absolute Gasteiger partial charge is 0.496 e. The Bertz CT molecular complexity index is 1650. The number of hydrogen-bond donors (Lipinski definition) is 4. The standard InChI is InChI=1S/C31H35N7O3/c1-3-41-30-36-28(32)27-29(37-30)38(31(39)35-27)20-25-14-13-24(15-26(25)40-2)19-34-18-23-11-9-22(10-12-23)17-33-16-21-7-5-4-6-8-21/h4-15,33-34H,3,16-20H2,1-2H3,(H,35,39)(H2,32,36,37). The SMILES string of the molecule is CCOc1nc(N)c2[nH]c(=O)n(Cc3ccc(CNCc4ccc(CNCc5ccccc5)cc4)cc3OC)c2n1. The van der Waals surface area contributed by atoms with Crippen molar-refractivity contribution in [3.8, 4) is 11.8 Å². The third kappa shape index (κ3) is 6.92. The Labute approximate surface area is 238 Å². The molecule has 10 heteroatoms. The number of fused-ring (bicyclic) bond motifs is 1. The Morgan fingerprint density at radius 1 is 0.854 bits per heavy atom. The summed E-state index contributed by atoms with van der Waals surface area (Å²) in [6.07, 6.45) is 0. The molecule has 0 spiro atoms. The van der Waals surface area contributed by atoms with Crippen molar-refractivity contribution < 1.29 is 9.47 Å². The average Bonchev–Trinajstić information content (AvgIpc) is 3.30. The summed E-state index contributed by atoms with van der Waals surface area (Å²) in [6.45, 7) is 5.57. The van der Waals surface area contributed by atoms with E-state index in [1.165, 1.54) is 21.3 Å². The van der Waals surface area contributed by atoms with Gasteiger partial charge in [0.05, 0.1) is 20.3 Å². The number of imidazole rings is 1. The van der Waals surface area contributed by atoms with Gasteiger partial charge in [0.1, 0.15) is 11.3 Å². The fourth-order valence-electron chi connectivity index (χ4n) is 4.64. The van der Waals surface area contributed by atoms with E-state index in [-0.39, 0.29) is 24.1 Å². The first-order chi connectivity index (χ1) is 20.0. The molecule has 0 bridgehead atoms. The highest BCUT2D eigenvalue weighted by Gasteiger charge is 2.16. The maximum absolute atomic E-state index is 12.7. The van der Waals surface area contributed by atoms with Crippen molar-refractivity contribution in [1.82, 2.24) is 30.2 Å². The predicted molar refractivity (Wildman–Crippen MR) is 160 cm³/mol. The number of methoxy groups -OCH3 is 1. The first kappa shape index (κ1) is 27.9. The number of ether oxygens (including phenoxy) is 2. The molecule has 3 aromatic carbocycles. The molecular formula is C31H35N7O3. The molecule has 5 rings (SSSR count). The number of nitrogens with one attached hydrogen (secondary N) is 3. The van der Waals surface area contributed by atoms with Crippen LogP contribution in [0.5, 0.6) is 11.8 Å². The van der Waals surface area contributed by atoms with E-state index in [0.717, 1.165) is 30.8 Å². The van der Waals surface area contributed by atoms with Crippen LogP contribution in [0.15, 0.2) is 77.6 Å². The third-order valence-electron chi connectivity index (χ3n) is 6.77. The molecular weight excluding hydrogens is 518 g/mol. The fraction of sp³-hybridized carbons (Fsp3) is 0.258. The minimum atomic E-state index is -0.333. The summed E-state index contributed by atoms with van der Waals surface area (Å²) in [4.78, 5) is 24.0. The molecule has 2 heterocycles. The third-order valence-corrected chi connectivity index (χ3v) is 6.77. The van der Waals surface area contributed by atoms with Gasteiger partial charge >= 0.3 is 11.7 Å². The van der Waals surface area contributed by atoms with Gasteiger partial charge in [-0.2, -0.15) is 9.97 Å². The van der Waals surface area contributed by atoms with Crippen molar-refractivity contribution in [3.63, 3.8) is 0 Å². The van der Waals surface area contributed by atoms with Crippen LogP contribution in [-0.4, -0.2) is 33.2 Å². The number of H-pyrrole nitrogens is 1. The van der Waals surface area contributed by atoms with Gasteiger partial charge in [0.25, 0.3) is 0 Å². The molecule has 0 radical (unpaired) electrons. The Morgan fingerprint density at radius 3 is 2.10 bits per heavy atom. The van der Waals surface area contributed by atoms with Crippen molar-refractivity contribution in [2.45, 2.75) is 39.6 Å². The van der Waals surface area contributed by atoms with Crippen LogP contribution in [0, 0.1) is 0 Å². The zero-order valence-electron chi connectivity index (χ0n) is 23.3. The predicted octanol–water partition coefficient (Wildman–Crippen LogP) is 3.74. The molecule has 2 aromatic heterocycles.